The smallest absolute Gasteiger partial charge is 0.416 e. The van der Waals surface area contributed by atoms with Gasteiger partial charge in [0.2, 0.25) is 5.89 Å². The van der Waals surface area contributed by atoms with Crippen LogP contribution in [0.5, 0.6) is 5.75 Å². The lowest BCUT2D eigenvalue weighted by molar-refractivity contribution is -0.137. The van der Waals surface area contributed by atoms with E-state index in [2.05, 4.69) is 9.88 Å². The Balaban J connectivity index is 1.61. The summed E-state index contributed by atoms with van der Waals surface area (Å²) in [6, 6.07) is 4.79. The van der Waals surface area contributed by atoms with Crippen molar-refractivity contribution in [3.05, 3.63) is 47.7 Å². The first kappa shape index (κ1) is 19.2. The maximum atomic E-state index is 12.7. The molecular formula is C18H20F3N3O3. The quantitative estimate of drug-likeness (QED) is 0.812. The number of aromatic nitrogens is 1. The molecule has 1 saturated heterocycles. The molecule has 9 heteroatoms. The van der Waals surface area contributed by atoms with Gasteiger partial charge in [-0.25, -0.2) is 4.98 Å². The van der Waals surface area contributed by atoms with E-state index in [-0.39, 0.29) is 35.9 Å². The third kappa shape index (κ3) is 4.60. The highest BCUT2D eigenvalue weighted by molar-refractivity contribution is 5.92. The van der Waals surface area contributed by atoms with Crippen molar-refractivity contribution in [1.29, 1.82) is 0 Å². The highest BCUT2D eigenvalue weighted by atomic mass is 19.4. The number of piperazine rings is 1. The van der Waals surface area contributed by atoms with Crippen molar-refractivity contribution < 1.29 is 27.1 Å². The van der Waals surface area contributed by atoms with Crippen molar-refractivity contribution in [2.24, 2.45) is 0 Å². The average Bonchev–Trinajstić information content (AvgIpc) is 3.10. The molecule has 0 aliphatic carbocycles. The molecule has 1 atom stereocenters. The monoisotopic (exact) mass is 383 g/mol. The van der Waals surface area contributed by atoms with Gasteiger partial charge in [0.25, 0.3) is 5.91 Å². The fraction of sp³-hybridized carbons (Fsp3) is 0.444. The number of alkyl halides is 3. The highest BCUT2D eigenvalue weighted by Gasteiger charge is 2.31. The van der Waals surface area contributed by atoms with E-state index in [1.54, 1.807) is 4.90 Å². The number of benzene rings is 1. The normalized spacial score (nSPS) is 18.6. The number of nitrogens with zero attached hydrogens (tertiary/aromatic N) is 3. The molecule has 1 aliphatic rings. The van der Waals surface area contributed by atoms with Gasteiger partial charge in [-0.05, 0) is 32.2 Å². The molecule has 1 aromatic heterocycles. The summed E-state index contributed by atoms with van der Waals surface area (Å²) in [5.74, 6) is -0.0641. The molecule has 2 aromatic rings. The Morgan fingerprint density at radius 1 is 1.37 bits per heavy atom. The summed E-state index contributed by atoms with van der Waals surface area (Å²) >= 11 is 0. The van der Waals surface area contributed by atoms with Crippen LogP contribution in [-0.4, -0.2) is 53.4 Å². The van der Waals surface area contributed by atoms with Crippen molar-refractivity contribution >= 4 is 5.91 Å². The number of rotatable bonds is 4. The molecule has 0 N–H and O–H groups in total. The van der Waals surface area contributed by atoms with E-state index in [9.17, 15) is 18.0 Å². The molecule has 0 bridgehead atoms. The first-order valence-electron chi connectivity index (χ1n) is 8.48. The average molecular weight is 383 g/mol. The topological polar surface area (TPSA) is 58.8 Å². The number of ether oxygens (including phenoxy) is 1. The molecule has 0 radical (unpaired) electrons. The standard InChI is InChI=1S/C18H20F3N3O3/c1-12-9-24(7-6-23(12)2)17(25)15-10-27-16(22-15)11-26-14-5-3-4-13(8-14)18(19,20)21/h3-5,8,10,12H,6-7,9,11H2,1-2H3/t12-/m1/s1. The van der Waals surface area contributed by atoms with Crippen LogP contribution in [0.2, 0.25) is 0 Å². The number of amides is 1. The summed E-state index contributed by atoms with van der Waals surface area (Å²) < 4.78 is 48.7. The molecule has 27 heavy (non-hydrogen) atoms. The summed E-state index contributed by atoms with van der Waals surface area (Å²) in [6.07, 6.45) is -3.20. The Labute approximate surface area is 154 Å². The summed E-state index contributed by atoms with van der Waals surface area (Å²) in [7, 11) is 2.01. The molecule has 1 fully saturated rings. The van der Waals surface area contributed by atoms with Gasteiger partial charge >= 0.3 is 6.18 Å². The zero-order valence-corrected chi connectivity index (χ0v) is 15.0. The highest BCUT2D eigenvalue weighted by Crippen LogP contribution is 2.31. The van der Waals surface area contributed by atoms with Crippen LogP contribution in [0.3, 0.4) is 0 Å². The number of halogens is 3. The zero-order valence-electron chi connectivity index (χ0n) is 15.0. The van der Waals surface area contributed by atoms with Gasteiger partial charge in [0.1, 0.15) is 12.0 Å². The molecule has 1 aromatic carbocycles. The largest absolute Gasteiger partial charge is 0.484 e. The Morgan fingerprint density at radius 2 is 2.15 bits per heavy atom. The maximum absolute atomic E-state index is 12.7. The molecule has 2 heterocycles. The van der Waals surface area contributed by atoms with Crippen LogP contribution in [0.4, 0.5) is 13.2 Å². The van der Waals surface area contributed by atoms with Crippen LogP contribution in [0.1, 0.15) is 28.9 Å². The summed E-state index contributed by atoms with van der Waals surface area (Å²) in [5.41, 5.74) is -0.637. The summed E-state index contributed by atoms with van der Waals surface area (Å²) in [6.45, 7) is 3.83. The van der Waals surface area contributed by atoms with Crippen LogP contribution >= 0.6 is 0 Å². The SMILES string of the molecule is C[C@@H]1CN(C(=O)c2coc(COc3cccc(C(F)(F)F)c3)n2)CCN1C. The van der Waals surface area contributed by atoms with Crippen LogP contribution in [0.25, 0.3) is 0 Å². The Morgan fingerprint density at radius 3 is 2.85 bits per heavy atom. The van der Waals surface area contributed by atoms with E-state index in [4.69, 9.17) is 9.15 Å². The minimum atomic E-state index is -4.44. The van der Waals surface area contributed by atoms with Gasteiger partial charge < -0.3 is 19.0 Å². The lowest BCUT2D eigenvalue weighted by Crippen LogP contribution is -2.52. The van der Waals surface area contributed by atoms with Gasteiger partial charge in [-0.2, -0.15) is 13.2 Å². The van der Waals surface area contributed by atoms with E-state index in [1.807, 2.05) is 14.0 Å². The third-order valence-electron chi connectivity index (χ3n) is 4.54. The molecule has 1 aliphatic heterocycles. The number of hydrogen-bond acceptors (Lipinski definition) is 5. The fourth-order valence-electron chi connectivity index (χ4n) is 2.78. The maximum Gasteiger partial charge on any atom is 0.416 e. The van der Waals surface area contributed by atoms with Crippen molar-refractivity contribution in [2.45, 2.75) is 25.7 Å². The second-order valence-electron chi connectivity index (χ2n) is 6.52. The first-order valence-corrected chi connectivity index (χ1v) is 8.48. The van der Waals surface area contributed by atoms with E-state index in [1.165, 1.54) is 18.4 Å². The Hall–Kier alpha value is -2.55. The molecule has 1 amide bonds. The lowest BCUT2D eigenvalue weighted by Gasteiger charge is -2.37. The predicted molar refractivity (Wildman–Crippen MR) is 90.3 cm³/mol. The Kier molecular flexibility index (Phi) is 5.41. The molecule has 0 unspecified atom stereocenters. The minimum Gasteiger partial charge on any atom is -0.484 e. The van der Waals surface area contributed by atoms with Gasteiger partial charge in [0.05, 0.1) is 5.56 Å². The van der Waals surface area contributed by atoms with Gasteiger partial charge in [0, 0.05) is 25.7 Å². The number of carbonyl (C=O) groups is 1. The van der Waals surface area contributed by atoms with Gasteiger partial charge in [-0.15, -0.1) is 0 Å². The van der Waals surface area contributed by atoms with Gasteiger partial charge in [-0.1, -0.05) is 6.07 Å². The lowest BCUT2D eigenvalue weighted by atomic mass is 10.2. The van der Waals surface area contributed by atoms with Crippen LogP contribution in [-0.2, 0) is 12.8 Å². The number of hydrogen-bond donors (Lipinski definition) is 0. The number of oxazole rings is 1. The number of carbonyl (C=O) groups excluding carboxylic acids is 1. The fourth-order valence-corrected chi connectivity index (χ4v) is 2.78. The molecule has 3 rings (SSSR count). The molecule has 0 spiro atoms. The van der Waals surface area contributed by atoms with Crippen LogP contribution in [0.15, 0.2) is 34.9 Å². The van der Waals surface area contributed by atoms with Crippen molar-refractivity contribution in [1.82, 2.24) is 14.8 Å². The molecule has 6 nitrogen and oxygen atoms in total. The molecule has 146 valence electrons. The second kappa shape index (κ2) is 7.59. The molecular weight excluding hydrogens is 363 g/mol. The van der Waals surface area contributed by atoms with Crippen LogP contribution in [0, 0.1) is 0 Å². The summed E-state index contributed by atoms with van der Waals surface area (Å²) in [5, 5.41) is 0. The third-order valence-corrected chi connectivity index (χ3v) is 4.54. The van der Waals surface area contributed by atoms with E-state index in [0.29, 0.717) is 13.1 Å². The summed E-state index contributed by atoms with van der Waals surface area (Å²) in [4.78, 5) is 20.5. The van der Waals surface area contributed by atoms with Gasteiger partial charge in [0.15, 0.2) is 12.3 Å². The van der Waals surface area contributed by atoms with E-state index < -0.39 is 11.7 Å². The zero-order chi connectivity index (χ0) is 19.6. The first-order chi connectivity index (χ1) is 12.7. The molecule has 0 saturated carbocycles. The predicted octanol–water partition coefficient (Wildman–Crippen LogP) is 3.05. The van der Waals surface area contributed by atoms with Crippen molar-refractivity contribution in [2.75, 3.05) is 26.7 Å². The van der Waals surface area contributed by atoms with Crippen molar-refractivity contribution in [3.8, 4) is 5.75 Å². The van der Waals surface area contributed by atoms with Crippen molar-refractivity contribution in [3.63, 3.8) is 0 Å². The second-order valence-corrected chi connectivity index (χ2v) is 6.52. The van der Waals surface area contributed by atoms with E-state index in [0.717, 1.165) is 18.7 Å². The minimum absolute atomic E-state index is 0.0452. The van der Waals surface area contributed by atoms with E-state index >= 15 is 0 Å². The van der Waals surface area contributed by atoms with Crippen LogP contribution < -0.4 is 4.74 Å². The number of likely N-dealkylation sites (N-methyl/N-ethyl adjacent to an activating group) is 1. The van der Waals surface area contributed by atoms with Gasteiger partial charge in [-0.3, -0.25) is 4.79 Å². The Bertz CT molecular complexity index is 806.